The molecule has 2 N–H and O–H groups in total. The first-order valence-corrected chi connectivity index (χ1v) is 8.39. The summed E-state index contributed by atoms with van der Waals surface area (Å²) in [5, 5.41) is 1.23. The normalized spacial score (nSPS) is 12.3. The fourth-order valence-electron chi connectivity index (χ4n) is 1.86. The summed E-state index contributed by atoms with van der Waals surface area (Å²) in [5.41, 5.74) is 7.52. The summed E-state index contributed by atoms with van der Waals surface area (Å²) >= 11 is 0.565. The Hall–Kier alpha value is -1.08. The molecule has 0 saturated heterocycles. The fraction of sp³-hybridized carbons (Fsp3) is 0.250. The summed E-state index contributed by atoms with van der Waals surface area (Å²) in [5.74, 6) is 0. The fourth-order valence-corrected chi connectivity index (χ4v) is 3.97. The topological polar surface area (TPSA) is 26.0 Å². The molecule has 94 valence electrons. The minimum atomic E-state index is 0.290. The van der Waals surface area contributed by atoms with E-state index in [0.717, 1.165) is 12.8 Å². The number of nitrogens with two attached hydrogens (primary N) is 1. The van der Waals surface area contributed by atoms with Crippen molar-refractivity contribution >= 4 is 19.4 Å². The van der Waals surface area contributed by atoms with E-state index in [4.69, 9.17) is 5.73 Å². The third-order valence-electron chi connectivity index (χ3n) is 2.84. The van der Waals surface area contributed by atoms with Crippen molar-refractivity contribution in [1.82, 2.24) is 0 Å². The van der Waals surface area contributed by atoms with Crippen LogP contribution in [0.5, 0.6) is 0 Å². The van der Waals surface area contributed by atoms with Crippen LogP contribution in [0, 0.1) is 0 Å². The average Bonchev–Trinajstić information content (AvgIpc) is 2.41. The second-order valence-electron chi connectivity index (χ2n) is 4.40. The van der Waals surface area contributed by atoms with Crippen LogP contribution < -0.4 is 10.2 Å². The van der Waals surface area contributed by atoms with E-state index in [0.29, 0.717) is 15.0 Å². The van der Waals surface area contributed by atoms with E-state index >= 15 is 0 Å². The molecule has 0 radical (unpaired) electrons. The molecule has 0 aliphatic heterocycles. The summed E-state index contributed by atoms with van der Waals surface area (Å²) in [6.07, 6.45) is 2.11. The van der Waals surface area contributed by atoms with Gasteiger partial charge in [-0.1, -0.05) is 0 Å². The van der Waals surface area contributed by atoms with Crippen LogP contribution in [0.25, 0.3) is 0 Å². The molecule has 0 aliphatic rings. The first-order valence-electron chi connectivity index (χ1n) is 6.32. The van der Waals surface area contributed by atoms with Crippen LogP contribution in [-0.4, -0.2) is 21.0 Å². The van der Waals surface area contributed by atoms with Gasteiger partial charge in [0.15, 0.2) is 0 Å². The first-order chi connectivity index (χ1) is 8.84. The molecule has 2 aromatic carbocycles. The van der Waals surface area contributed by atoms with Crippen LogP contribution >= 0.6 is 0 Å². The van der Waals surface area contributed by atoms with E-state index < -0.39 is 0 Å². The Morgan fingerprint density at radius 3 is 2.17 bits per heavy atom. The third-order valence-corrected chi connectivity index (χ3v) is 5.03. The molecule has 0 amide bonds. The summed E-state index contributed by atoms with van der Waals surface area (Å²) < 4.78 is 1.47. The molecule has 0 aliphatic carbocycles. The molecule has 0 aromatic heterocycles. The van der Waals surface area contributed by atoms with Gasteiger partial charge in [0.25, 0.3) is 0 Å². The Morgan fingerprint density at radius 1 is 0.889 bits per heavy atom. The molecule has 2 rings (SSSR count). The molecule has 2 aromatic rings. The zero-order valence-electron chi connectivity index (χ0n) is 10.5. The Labute approximate surface area is 116 Å². The minimum absolute atomic E-state index is 0.290. The van der Waals surface area contributed by atoms with E-state index in [1.807, 2.05) is 6.07 Å². The average molecular weight is 304 g/mol. The van der Waals surface area contributed by atoms with Gasteiger partial charge in [-0.15, -0.1) is 0 Å². The molecule has 0 bridgehead atoms. The molecule has 0 spiro atoms. The predicted molar refractivity (Wildman–Crippen MR) is 79.4 cm³/mol. The van der Waals surface area contributed by atoms with Crippen molar-refractivity contribution in [2.75, 3.05) is 0 Å². The Kier molecular flexibility index (Phi) is 5.47. The van der Waals surface area contributed by atoms with E-state index in [2.05, 4.69) is 54.6 Å². The van der Waals surface area contributed by atoms with Crippen LogP contribution in [0.3, 0.4) is 0 Å². The molecule has 1 nitrogen and oxygen atoms in total. The summed E-state index contributed by atoms with van der Waals surface area (Å²) in [6.45, 7) is 0. The van der Waals surface area contributed by atoms with Crippen molar-refractivity contribution in [3.63, 3.8) is 0 Å². The van der Waals surface area contributed by atoms with E-state index in [1.54, 1.807) is 0 Å². The quantitative estimate of drug-likeness (QED) is 0.815. The maximum atomic E-state index is 6.18. The van der Waals surface area contributed by atoms with Gasteiger partial charge in [0.05, 0.1) is 0 Å². The number of rotatable bonds is 6. The zero-order chi connectivity index (χ0) is 12.6. The predicted octanol–water partition coefficient (Wildman–Crippen LogP) is 2.39. The van der Waals surface area contributed by atoms with Crippen molar-refractivity contribution in [3.8, 4) is 0 Å². The van der Waals surface area contributed by atoms with Crippen LogP contribution in [-0.2, 0) is 6.42 Å². The maximum absolute atomic E-state index is 6.18. The van der Waals surface area contributed by atoms with Gasteiger partial charge in [-0.25, -0.2) is 0 Å². The standard InChI is InChI=1S/C16H19NSe/c17-15(13-14-7-3-1-4-8-14)11-12-18-16-9-5-2-6-10-16/h1-10,15H,11-13,17H2/t15-/m0/s1. The Morgan fingerprint density at radius 2 is 1.50 bits per heavy atom. The molecule has 0 fully saturated rings. The van der Waals surface area contributed by atoms with Crippen molar-refractivity contribution < 1.29 is 0 Å². The van der Waals surface area contributed by atoms with Gasteiger partial charge in [0.2, 0.25) is 0 Å². The van der Waals surface area contributed by atoms with Gasteiger partial charge in [0, 0.05) is 0 Å². The summed E-state index contributed by atoms with van der Waals surface area (Å²) in [6, 6.07) is 21.5. The van der Waals surface area contributed by atoms with Crippen LogP contribution in [0.1, 0.15) is 12.0 Å². The second kappa shape index (κ2) is 7.38. The monoisotopic (exact) mass is 305 g/mol. The first kappa shape index (κ1) is 13.4. The summed E-state index contributed by atoms with van der Waals surface area (Å²) in [7, 11) is 0. The van der Waals surface area contributed by atoms with Gasteiger partial charge in [-0.05, 0) is 0 Å². The van der Waals surface area contributed by atoms with Crippen LogP contribution in [0.2, 0.25) is 5.32 Å². The van der Waals surface area contributed by atoms with Crippen molar-refractivity contribution in [3.05, 3.63) is 66.2 Å². The van der Waals surface area contributed by atoms with Crippen LogP contribution in [0.4, 0.5) is 0 Å². The molecule has 18 heavy (non-hydrogen) atoms. The molecule has 0 saturated carbocycles. The number of hydrogen-bond donors (Lipinski definition) is 1. The van der Waals surface area contributed by atoms with Crippen molar-refractivity contribution in [2.24, 2.45) is 5.73 Å². The molecule has 0 unspecified atom stereocenters. The zero-order valence-corrected chi connectivity index (χ0v) is 12.2. The third kappa shape index (κ3) is 4.66. The van der Waals surface area contributed by atoms with Crippen molar-refractivity contribution in [2.45, 2.75) is 24.2 Å². The molecular weight excluding hydrogens is 285 g/mol. The summed E-state index contributed by atoms with van der Waals surface area (Å²) in [4.78, 5) is 0. The molecule has 0 heterocycles. The second-order valence-corrected chi connectivity index (χ2v) is 6.85. The van der Waals surface area contributed by atoms with Crippen molar-refractivity contribution in [1.29, 1.82) is 0 Å². The van der Waals surface area contributed by atoms with Gasteiger partial charge in [-0.2, -0.15) is 0 Å². The van der Waals surface area contributed by atoms with Gasteiger partial charge in [-0.3, -0.25) is 0 Å². The van der Waals surface area contributed by atoms with E-state index in [9.17, 15) is 0 Å². The van der Waals surface area contributed by atoms with Gasteiger partial charge in [0.1, 0.15) is 0 Å². The number of hydrogen-bond acceptors (Lipinski definition) is 1. The molecule has 2 heteroatoms. The molecule has 1 atom stereocenters. The van der Waals surface area contributed by atoms with Crippen LogP contribution in [0.15, 0.2) is 60.7 Å². The molecular formula is C16H19NSe. The van der Waals surface area contributed by atoms with E-state index in [1.165, 1.54) is 15.3 Å². The van der Waals surface area contributed by atoms with Gasteiger partial charge < -0.3 is 0 Å². The van der Waals surface area contributed by atoms with Gasteiger partial charge >= 0.3 is 116 Å². The number of benzene rings is 2. The Bertz CT molecular complexity index is 441. The Balaban J connectivity index is 1.71. The van der Waals surface area contributed by atoms with E-state index in [-0.39, 0.29) is 6.04 Å². The SMILES string of the molecule is N[C@@H](CC[Se]c1ccccc1)Cc1ccccc1.